The molecule has 0 aliphatic rings. The lowest BCUT2D eigenvalue weighted by molar-refractivity contribution is -0.154. The Labute approximate surface area is 109 Å². The van der Waals surface area contributed by atoms with E-state index in [4.69, 9.17) is 9.47 Å². The van der Waals surface area contributed by atoms with E-state index in [1.807, 2.05) is 51.1 Å². The summed E-state index contributed by atoms with van der Waals surface area (Å²) in [4.78, 5) is 11.7. The van der Waals surface area contributed by atoms with Crippen LogP contribution in [0.3, 0.4) is 0 Å². The Bertz CT molecular complexity index is 344. The molecule has 100 valence electrons. The quantitative estimate of drug-likeness (QED) is 0.695. The smallest absolute Gasteiger partial charge is 0.309 e. The summed E-state index contributed by atoms with van der Waals surface area (Å²) in [6.07, 6.45) is 1.42. The predicted molar refractivity (Wildman–Crippen MR) is 71.6 cm³/mol. The summed E-state index contributed by atoms with van der Waals surface area (Å²) in [5.74, 6) is 0.677. The monoisotopic (exact) mass is 250 g/mol. The molecule has 0 saturated carbocycles. The Morgan fingerprint density at radius 2 is 1.78 bits per heavy atom. The number of carbonyl (C=O) groups excluding carboxylic acids is 1. The molecule has 0 fully saturated rings. The SMILES string of the molecule is CCC(CC)C(=O)O[C@H](C)COc1ccccc1. The van der Waals surface area contributed by atoms with E-state index in [9.17, 15) is 4.79 Å². The average molecular weight is 250 g/mol. The second-order valence-corrected chi connectivity index (χ2v) is 4.38. The van der Waals surface area contributed by atoms with E-state index in [-0.39, 0.29) is 18.0 Å². The minimum absolute atomic E-state index is 0.00387. The first-order chi connectivity index (χ1) is 8.67. The van der Waals surface area contributed by atoms with Crippen molar-refractivity contribution < 1.29 is 14.3 Å². The summed E-state index contributed by atoms with van der Waals surface area (Å²) < 4.78 is 10.9. The van der Waals surface area contributed by atoms with Crippen molar-refractivity contribution in [1.29, 1.82) is 0 Å². The number of rotatable bonds is 7. The van der Waals surface area contributed by atoms with Crippen LogP contribution in [0.4, 0.5) is 0 Å². The molecule has 1 rings (SSSR count). The lowest BCUT2D eigenvalue weighted by Crippen LogP contribution is -2.26. The number of ether oxygens (including phenoxy) is 2. The maximum atomic E-state index is 11.7. The van der Waals surface area contributed by atoms with E-state index in [1.54, 1.807) is 0 Å². The van der Waals surface area contributed by atoms with Crippen molar-refractivity contribution in [2.75, 3.05) is 6.61 Å². The molecular weight excluding hydrogens is 228 g/mol. The van der Waals surface area contributed by atoms with E-state index >= 15 is 0 Å². The van der Waals surface area contributed by atoms with Crippen molar-refractivity contribution in [2.45, 2.75) is 39.7 Å². The standard InChI is InChI=1S/C15H22O3/c1-4-13(5-2)15(16)18-12(3)11-17-14-9-7-6-8-10-14/h6-10,12-13H,4-5,11H2,1-3H3/t12-/m1/s1. The molecule has 0 aliphatic heterocycles. The van der Waals surface area contributed by atoms with Crippen LogP contribution in [0.2, 0.25) is 0 Å². The predicted octanol–water partition coefficient (Wildman–Crippen LogP) is 3.43. The lowest BCUT2D eigenvalue weighted by Gasteiger charge is -2.17. The van der Waals surface area contributed by atoms with Gasteiger partial charge in [-0.15, -0.1) is 0 Å². The van der Waals surface area contributed by atoms with Crippen LogP contribution < -0.4 is 4.74 Å². The van der Waals surface area contributed by atoms with Gasteiger partial charge in [-0.1, -0.05) is 32.0 Å². The minimum atomic E-state index is -0.224. The van der Waals surface area contributed by atoms with E-state index in [0.29, 0.717) is 6.61 Å². The molecule has 0 amide bonds. The lowest BCUT2D eigenvalue weighted by atomic mass is 10.0. The van der Waals surface area contributed by atoms with Crippen LogP contribution in [0.25, 0.3) is 0 Å². The van der Waals surface area contributed by atoms with Gasteiger partial charge in [0.05, 0.1) is 5.92 Å². The van der Waals surface area contributed by atoms with Gasteiger partial charge in [0.1, 0.15) is 18.5 Å². The largest absolute Gasteiger partial charge is 0.490 e. The first-order valence-electron chi connectivity index (χ1n) is 6.55. The highest BCUT2D eigenvalue weighted by atomic mass is 16.6. The zero-order valence-corrected chi connectivity index (χ0v) is 11.4. The summed E-state index contributed by atoms with van der Waals surface area (Å²) in [6, 6.07) is 9.53. The fraction of sp³-hybridized carbons (Fsp3) is 0.533. The van der Waals surface area contributed by atoms with Crippen molar-refractivity contribution in [3.8, 4) is 5.75 Å². The van der Waals surface area contributed by atoms with Crippen LogP contribution >= 0.6 is 0 Å². The van der Waals surface area contributed by atoms with E-state index in [0.717, 1.165) is 18.6 Å². The van der Waals surface area contributed by atoms with Gasteiger partial charge in [0.25, 0.3) is 0 Å². The molecule has 0 bridgehead atoms. The van der Waals surface area contributed by atoms with Crippen LogP contribution in [0.5, 0.6) is 5.75 Å². The zero-order chi connectivity index (χ0) is 13.4. The van der Waals surface area contributed by atoms with Crippen molar-refractivity contribution in [3.63, 3.8) is 0 Å². The summed E-state index contributed by atoms with van der Waals surface area (Å²) >= 11 is 0. The fourth-order valence-corrected chi connectivity index (χ4v) is 1.68. The van der Waals surface area contributed by atoms with E-state index in [1.165, 1.54) is 0 Å². The maximum Gasteiger partial charge on any atom is 0.309 e. The molecule has 0 unspecified atom stereocenters. The molecule has 0 heterocycles. The molecule has 1 atom stereocenters. The Hall–Kier alpha value is -1.51. The highest BCUT2D eigenvalue weighted by Gasteiger charge is 2.18. The third-order valence-electron chi connectivity index (χ3n) is 2.86. The van der Waals surface area contributed by atoms with Crippen LogP contribution in [-0.4, -0.2) is 18.7 Å². The number of esters is 1. The van der Waals surface area contributed by atoms with Gasteiger partial charge in [0.15, 0.2) is 0 Å². The van der Waals surface area contributed by atoms with Crippen molar-refractivity contribution >= 4 is 5.97 Å². The molecule has 0 radical (unpaired) electrons. The molecule has 3 nitrogen and oxygen atoms in total. The fourth-order valence-electron chi connectivity index (χ4n) is 1.68. The Morgan fingerprint density at radius 1 is 1.17 bits per heavy atom. The number of hydrogen-bond acceptors (Lipinski definition) is 3. The first-order valence-corrected chi connectivity index (χ1v) is 6.55. The summed E-state index contributed by atoms with van der Waals surface area (Å²) in [5, 5.41) is 0. The van der Waals surface area contributed by atoms with Crippen molar-refractivity contribution in [1.82, 2.24) is 0 Å². The molecular formula is C15H22O3. The van der Waals surface area contributed by atoms with Gasteiger partial charge in [-0.3, -0.25) is 4.79 Å². The second-order valence-electron chi connectivity index (χ2n) is 4.38. The van der Waals surface area contributed by atoms with Crippen molar-refractivity contribution in [2.24, 2.45) is 5.92 Å². The van der Waals surface area contributed by atoms with E-state index < -0.39 is 0 Å². The van der Waals surface area contributed by atoms with Crippen molar-refractivity contribution in [3.05, 3.63) is 30.3 Å². The molecule has 0 spiro atoms. The van der Waals surface area contributed by atoms with Crippen LogP contribution in [-0.2, 0) is 9.53 Å². The van der Waals surface area contributed by atoms with Gasteiger partial charge in [-0.25, -0.2) is 0 Å². The Kier molecular flexibility index (Phi) is 6.26. The zero-order valence-electron chi connectivity index (χ0n) is 11.4. The molecule has 1 aromatic carbocycles. The number of para-hydroxylation sites is 1. The summed E-state index contributed by atoms with van der Waals surface area (Å²) in [5.41, 5.74) is 0. The summed E-state index contributed by atoms with van der Waals surface area (Å²) in [7, 11) is 0. The first kappa shape index (κ1) is 14.6. The van der Waals surface area contributed by atoms with Gasteiger partial charge >= 0.3 is 5.97 Å². The molecule has 1 aromatic rings. The third kappa shape index (κ3) is 4.78. The minimum Gasteiger partial charge on any atom is -0.490 e. The molecule has 0 aromatic heterocycles. The van der Waals surface area contributed by atoms with Gasteiger partial charge in [0.2, 0.25) is 0 Å². The Morgan fingerprint density at radius 3 is 2.33 bits per heavy atom. The molecule has 0 aliphatic carbocycles. The van der Waals surface area contributed by atoms with Crippen LogP contribution in [0, 0.1) is 5.92 Å². The summed E-state index contributed by atoms with van der Waals surface area (Å²) in [6.45, 7) is 6.24. The number of benzene rings is 1. The molecule has 0 saturated heterocycles. The topological polar surface area (TPSA) is 35.5 Å². The number of hydrogen-bond donors (Lipinski definition) is 0. The normalized spacial score (nSPS) is 12.2. The van der Waals surface area contributed by atoms with E-state index in [2.05, 4.69) is 0 Å². The maximum absolute atomic E-state index is 11.7. The Balaban J connectivity index is 2.33. The third-order valence-corrected chi connectivity index (χ3v) is 2.86. The van der Waals surface area contributed by atoms with Gasteiger partial charge in [-0.2, -0.15) is 0 Å². The van der Waals surface area contributed by atoms with Gasteiger partial charge in [-0.05, 0) is 31.9 Å². The van der Waals surface area contributed by atoms with Crippen LogP contribution in [0.1, 0.15) is 33.6 Å². The van der Waals surface area contributed by atoms with Gasteiger partial charge < -0.3 is 9.47 Å². The second kappa shape index (κ2) is 7.75. The molecule has 18 heavy (non-hydrogen) atoms. The number of carbonyl (C=O) groups is 1. The van der Waals surface area contributed by atoms with Crippen LogP contribution in [0.15, 0.2) is 30.3 Å². The molecule has 0 N–H and O–H groups in total. The highest BCUT2D eigenvalue weighted by molar-refractivity contribution is 5.72. The van der Waals surface area contributed by atoms with Gasteiger partial charge in [0, 0.05) is 0 Å². The average Bonchev–Trinajstić information content (AvgIpc) is 2.39. The highest BCUT2D eigenvalue weighted by Crippen LogP contribution is 2.13. The molecule has 3 heteroatoms.